The standard InChI is InChI=1S/C24H22N4O2S/c1-29-21-12-3-2-10-19(21)27-14-6-11-20(27)23-22(18-9-4-5-13-25-18)26-24(31)28(23)16-17-8-7-15-30-17/h2-15,22-23H,16H2,1H3,(H,26,31)/t22-,23-/m1/s1. The lowest BCUT2D eigenvalue weighted by molar-refractivity contribution is 0.280. The molecule has 31 heavy (non-hydrogen) atoms. The van der Waals surface area contributed by atoms with E-state index in [4.69, 9.17) is 21.4 Å². The number of pyridine rings is 1. The molecular weight excluding hydrogens is 408 g/mol. The molecule has 2 atom stereocenters. The molecule has 0 bridgehead atoms. The van der Waals surface area contributed by atoms with Crippen LogP contribution >= 0.6 is 12.2 Å². The first-order valence-corrected chi connectivity index (χ1v) is 10.5. The molecule has 5 rings (SSSR count). The average molecular weight is 431 g/mol. The van der Waals surface area contributed by atoms with Crippen molar-refractivity contribution in [2.75, 3.05) is 7.11 Å². The van der Waals surface area contributed by atoms with Crippen molar-refractivity contribution in [3.63, 3.8) is 0 Å². The highest BCUT2D eigenvalue weighted by Gasteiger charge is 2.41. The summed E-state index contributed by atoms with van der Waals surface area (Å²) in [5.74, 6) is 1.66. The van der Waals surface area contributed by atoms with E-state index in [1.54, 1.807) is 13.4 Å². The van der Waals surface area contributed by atoms with Crippen LogP contribution < -0.4 is 10.1 Å². The highest BCUT2D eigenvalue weighted by molar-refractivity contribution is 7.80. The van der Waals surface area contributed by atoms with Gasteiger partial charge >= 0.3 is 0 Å². The van der Waals surface area contributed by atoms with Crippen molar-refractivity contribution in [2.45, 2.75) is 18.6 Å². The maximum atomic E-state index is 5.76. The highest BCUT2D eigenvalue weighted by Crippen LogP contribution is 2.41. The van der Waals surface area contributed by atoms with E-state index in [-0.39, 0.29) is 12.1 Å². The van der Waals surface area contributed by atoms with Crippen LogP contribution in [0.2, 0.25) is 0 Å². The van der Waals surface area contributed by atoms with Gasteiger partial charge in [-0.3, -0.25) is 4.98 Å². The van der Waals surface area contributed by atoms with Crippen molar-refractivity contribution in [2.24, 2.45) is 0 Å². The molecular formula is C24H22N4O2S. The van der Waals surface area contributed by atoms with Gasteiger partial charge in [-0.25, -0.2) is 0 Å². The summed E-state index contributed by atoms with van der Waals surface area (Å²) >= 11 is 5.76. The molecule has 1 N–H and O–H groups in total. The maximum Gasteiger partial charge on any atom is 0.170 e. The molecule has 156 valence electrons. The van der Waals surface area contributed by atoms with Crippen LogP contribution in [-0.2, 0) is 6.54 Å². The number of rotatable bonds is 6. The van der Waals surface area contributed by atoms with Crippen molar-refractivity contribution in [3.05, 3.63) is 103 Å². The Bertz CT molecular complexity index is 1170. The van der Waals surface area contributed by atoms with Crippen molar-refractivity contribution < 1.29 is 9.15 Å². The summed E-state index contributed by atoms with van der Waals surface area (Å²) in [6.07, 6.45) is 5.55. The minimum absolute atomic E-state index is 0.0904. The molecule has 7 heteroatoms. The number of hydrogen-bond acceptors (Lipinski definition) is 4. The normalized spacial score (nSPS) is 18.2. The predicted octanol–water partition coefficient (Wildman–Crippen LogP) is 4.65. The number of furan rings is 1. The van der Waals surface area contributed by atoms with Gasteiger partial charge in [0.2, 0.25) is 0 Å². The Kier molecular flexibility index (Phi) is 5.18. The number of aromatic nitrogens is 2. The van der Waals surface area contributed by atoms with Gasteiger partial charge in [0.15, 0.2) is 5.11 Å². The first-order valence-electron chi connectivity index (χ1n) is 10.1. The van der Waals surface area contributed by atoms with Crippen LogP contribution in [0.1, 0.15) is 29.2 Å². The second-order valence-corrected chi connectivity index (χ2v) is 7.70. The SMILES string of the molecule is COc1ccccc1-n1cccc1[C@@H]1[C@@H](c2ccccn2)NC(=S)N1Cc1ccco1. The Hall–Kier alpha value is -3.58. The van der Waals surface area contributed by atoms with Gasteiger partial charge in [0, 0.05) is 18.1 Å². The van der Waals surface area contributed by atoms with Crippen molar-refractivity contribution in [3.8, 4) is 11.4 Å². The van der Waals surface area contributed by atoms with Gasteiger partial charge in [-0.05, 0) is 60.7 Å². The third-order valence-corrected chi connectivity index (χ3v) is 5.88. The molecule has 1 aliphatic rings. The lowest BCUT2D eigenvalue weighted by Gasteiger charge is -2.28. The van der Waals surface area contributed by atoms with E-state index in [0.29, 0.717) is 11.7 Å². The van der Waals surface area contributed by atoms with Crippen molar-refractivity contribution >= 4 is 17.3 Å². The summed E-state index contributed by atoms with van der Waals surface area (Å²) in [7, 11) is 1.69. The van der Waals surface area contributed by atoms with Gasteiger partial charge in [0.05, 0.1) is 43.4 Å². The number of nitrogens with zero attached hydrogens (tertiary/aromatic N) is 3. The van der Waals surface area contributed by atoms with E-state index in [0.717, 1.165) is 28.6 Å². The molecule has 1 fully saturated rings. The second-order valence-electron chi connectivity index (χ2n) is 7.31. The van der Waals surface area contributed by atoms with Gasteiger partial charge in [0.1, 0.15) is 11.5 Å². The first kappa shape index (κ1) is 19.4. The van der Waals surface area contributed by atoms with Gasteiger partial charge in [0.25, 0.3) is 0 Å². The maximum absolute atomic E-state index is 5.76. The summed E-state index contributed by atoms with van der Waals surface area (Å²) < 4.78 is 13.4. The fourth-order valence-corrected chi connectivity index (χ4v) is 4.46. The monoisotopic (exact) mass is 430 g/mol. The molecule has 1 saturated heterocycles. The molecule has 3 aromatic heterocycles. The number of ether oxygens (including phenoxy) is 1. The molecule has 0 saturated carbocycles. The summed E-state index contributed by atoms with van der Waals surface area (Å²) in [6, 6.07) is 21.8. The largest absolute Gasteiger partial charge is 0.495 e. The van der Waals surface area contributed by atoms with Gasteiger partial charge in [-0.1, -0.05) is 18.2 Å². The zero-order valence-electron chi connectivity index (χ0n) is 17.0. The zero-order valence-corrected chi connectivity index (χ0v) is 17.8. The van der Waals surface area contributed by atoms with Crippen LogP contribution in [-0.4, -0.2) is 26.7 Å². The number of nitrogens with one attached hydrogen (secondary N) is 1. The van der Waals surface area contributed by atoms with Crippen LogP contribution in [0.3, 0.4) is 0 Å². The highest BCUT2D eigenvalue weighted by atomic mass is 32.1. The van der Waals surface area contributed by atoms with Gasteiger partial charge in [-0.15, -0.1) is 0 Å². The fourth-order valence-electron chi connectivity index (χ4n) is 4.15. The topological polar surface area (TPSA) is 55.5 Å². The molecule has 4 heterocycles. The summed E-state index contributed by atoms with van der Waals surface area (Å²) in [6.45, 7) is 0.559. The van der Waals surface area contributed by atoms with Gasteiger partial charge < -0.3 is 23.9 Å². The molecule has 1 aromatic carbocycles. The minimum atomic E-state index is -0.105. The Morgan fingerprint density at radius 3 is 2.71 bits per heavy atom. The van der Waals surface area contributed by atoms with E-state index < -0.39 is 0 Å². The zero-order chi connectivity index (χ0) is 21.2. The first-order chi connectivity index (χ1) is 15.3. The third-order valence-electron chi connectivity index (χ3n) is 5.53. The molecule has 0 radical (unpaired) electrons. The number of benzene rings is 1. The molecule has 0 aliphatic carbocycles. The predicted molar refractivity (Wildman–Crippen MR) is 122 cm³/mol. The molecule has 0 unspecified atom stereocenters. The Labute approximate surface area is 186 Å². The van der Waals surface area contributed by atoms with E-state index >= 15 is 0 Å². The lowest BCUT2D eigenvalue weighted by atomic mass is 10.0. The van der Waals surface area contributed by atoms with Crippen LogP contribution in [0, 0.1) is 0 Å². The van der Waals surface area contributed by atoms with Crippen molar-refractivity contribution in [1.29, 1.82) is 0 Å². The second kappa shape index (κ2) is 8.28. The number of thiocarbonyl (C=S) groups is 1. The summed E-state index contributed by atoms with van der Waals surface area (Å²) in [4.78, 5) is 6.78. The van der Waals surface area contributed by atoms with Crippen LogP contribution in [0.15, 0.2) is 89.8 Å². The average Bonchev–Trinajstić information content (AvgIpc) is 3.56. The number of methoxy groups -OCH3 is 1. The van der Waals surface area contributed by atoms with E-state index in [2.05, 4.69) is 38.1 Å². The lowest BCUT2D eigenvalue weighted by Crippen LogP contribution is -2.29. The van der Waals surface area contributed by atoms with Gasteiger partial charge in [-0.2, -0.15) is 0 Å². The van der Waals surface area contributed by atoms with Crippen LogP contribution in [0.4, 0.5) is 0 Å². The molecule has 0 amide bonds. The molecule has 6 nitrogen and oxygen atoms in total. The quantitative estimate of drug-likeness (QED) is 0.450. The Morgan fingerprint density at radius 2 is 1.94 bits per heavy atom. The van der Waals surface area contributed by atoms with E-state index in [1.807, 2.05) is 60.8 Å². The summed E-state index contributed by atoms with van der Waals surface area (Å²) in [5.41, 5.74) is 2.99. The summed E-state index contributed by atoms with van der Waals surface area (Å²) in [5, 5.41) is 4.16. The Balaban J connectivity index is 1.62. The minimum Gasteiger partial charge on any atom is -0.495 e. The number of para-hydroxylation sites is 2. The van der Waals surface area contributed by atoms with Crippen LogP contribution in [0.5, 0.6) is 5.75 Å². The van der Waals surface area contributed by atoms with Crippen molar-refractivity contribution in [1.82, 2.24) is 19.8 Å². The Morgan fingerprint density at radius 1 is 1.06 bits per heavy atom. The fraction of sp³-hybridized carbons (Fsp3) is 0.167. The molecule has 1 aliphatic heterocycles. The smallest absolute Gasteiger partial charge is 0.170 e. The molecule has 4 aromatic rings. The third kappa shape index (κ3) is 3.57. The number of hydrogen-bond donors (Lipinski definition) is 1. The van der Waals surface area contributed by atoms with E-state index in [9.17, 15) is 0 Å². The van der Waals surface area contributed by atoms with E-state index in [1.165, 1.54) is 0 Å². The molecule has 0 spiro atoms. The van der Waals surface area contributed by atoms with Crippen LogP contribution in [0.25, 0.3) is 5.69 Å².